The summed E-state index contributed by atoms with van der Waals surface area (Å²) in [5.74, 6) is 1.38. The van der Waals surface area contributed by atoms with Gasteiger partial charge in [-0.1, -0.05) is 0 Å². The first kappa shape index (κ1) is 24.9. The van der Waals surface area contributed by atoms with Gasteiger partial charge in [-0.05, 0) is 82.8 Å². The topological polar surface area (TPSA) is 134 Å². The fourth-order valence-electron chi connectivity index (χ4n) is 3.19. The summed E-state index contributed by atoms with van der Waals surface area (Å²) in [6, 6.07) is 16.1. The Morgan fingerprint density at radius 3 is 2.78 bits per heavy atom. The number of hydrogen-bond donors (Lipinski definition) is 1. The lowest BCUT2D eigenvalue weighted by atomic mass is 10.1. The van der Waals surface area contributed by atoms with Gasteiger partial charge in [0.15, 0.2) is 5.76 Å². The minimum absolute atomic E-state index is 0.100. The monoisotopic (exact) mass is 601 g/mol. The van der Waals surface area contributed by atoms with Gasteiger partial charge in [-0.3, -0.25) is 19.6 Å². The second-order valence-electron chi connectivity index (χ2n) is 7.43. The van der Waals surface area contributed by atoms with Crippen LogP contribution in [0.4, 0.5) is 5.69 Å². The number of nitrogens with zero attached hydrogens (tertiary/aromatic N) is 4. The van der Waals surface area contributed by atoms with Gasteiger partial charge in [0.1, 0.15) is 36.3 Å². The number of halogens is 1. The van der Waals surface area contributed by atoms with Gasteiger partial charge in [0.25, 0.3) is 0 Å². The van der Waals surface area contributed by atoms with Gasteiger partial charge in [0, 0.05) is 9.13 Å². The van der Waals surface area contributed by atoms with Gasteiger partial charge in [-0.25, -0.2) is 5.43 Å². The quantitative estimate of drug-likeness (QED) is 0.123. The number of benzene rings is 2. The summed E-state index contributed by atoms with van der Waals surface area (Å²) in [5, 5.41) is 18.9. The van der Waals surface area contributed by atoms with E-state index in [2.05, 4.69) is 38.2 Å². The minimum atomic E-state index is -0.510. The zero-order valence-electron chi connectivity index (χ0n) is 19.0. The fourth-order valence-corrected chi connectivity index (χ4v) is 3.55. The molecule has 0 fully saturated rings. The van der Waals surface area contributed by atoms with E-state index >= 15 is 0 Å². The molecule has 0 atom stereocenters. The van der Waals surface area contributed by atoms with E-state index in [0.717, 1.165) is 9.13 Å². The molecule has 4 aromatic rings. The third kappa shape index (κ3) is 6.47. The maximum atomic E-state index is 12.4. The molecule has 12 heteroatoms. The Balaban J connectivity index is 1.35. The molecule has 11 nitrogen and oxygen atoms in total. The van der Waals surface area contributed by atoms with E-state index in [4.69, 9.17) is 13.9 Å². The smallest absolute Gasteiger partial charge is 0.307 e. The first-order valence-electron chi connectivity index (χ1n) is 10.6. The van der Waals surface area contributed by atoms with E-state index in [1.807, 2.05) is 24.3 Å². The highest BCUT2D eigenvalue weighted by molar-refractivity contribution is 14.1. The lowest BCUT2D eigenvalue weighted by Crippen LogP contribution is -2.16. The summed E-state index contributed by atoms with van der Waals surface area (Å²) in [6.07, 6.45) is 3.99. The molecule has 0 saturated heterocycles. The molecule has 0 saturated carbocycles. The average Bonchev–Trinajstić information content (AvgIpc) is 3.54. The van der Waals surface area contributed by atoms with Crippen LogP contribution in [-0.4, -0.2) is 33.9 Å². The second kappa shape index (κ2) is 11.5. The number of ether oxygens (including phenoxy) is 2. The highest BCUT2D eigenvalue weighted by atomic mass is 127. The first-order valence-corrected chi connectivity index (χ1v) is 11.6. The van der Waals surface area contributed by atoms with Crippen molar-refractivity contribution >= 4 is 40.4 Å². The number of rotatable bonds is 10. The molecule has 1 N–H and O–H groups in total. The standard InChI is InChI=1S/C24H20IN5O6/c1-34-22-8-2-16(10-17(22)13-29-14-19(12-27-29)30(32)33)11-26-28-24(31)23-9-7-21(36-23)15-35-20-5-3-18(25)4-6-20/h2-12,14H,13,15H2,1H3,(H,28,31)/b26-11+. The second-order valence-corrected chi connectivity index (χ2v) is 8.68. The average molecular weight is 601 g/mol. The summed E-state index contributed by atoms with van der Waals surface area (Å²) in [6.45, 7) is 0.440. The Bertz CT molecular complexity index is 1400. The van der Waals surface area contributed by atoms with Gasteiger partial charge in [-0.2, -0.15) is 10.2 Å². The van der Waals surface area contributed by atoms with Crippen molar-refractivity contribution in [1.82, 2.24) is 15.2 Å². The fraction of sp³-hybridized carbons (Fsp3) is 0.125. The molecule has 0 bridgehead atoms. The van der Waals surface area contributed by atoms with Crippen molar-refractivity contribution in [3.8, 4) is 11.5 Å². The van der Waals surface area contributed by atoms with Crippen molar-refractivity contribution in [2.75, 3.05) is 7.11 Å². The molecule has 0 unspecified atom stereocenters. The van der Waals surface area contributed by atoms with Gasteiger partial charge in [0.2, 0.25) is 0 Å². The highest BCUT2D eigenvalue weighted by Crippen LogP contribution is 2.21. The Labute approximate surface area is 219 Å². The molecule has 4 rings (SSSR count). The Kier molecular flexibility index (Phi) is 7.95. The molecule has 2 aromatic heterocycles. The molecular formula is C24H20IN5O6. The van der Waals surface area contributed by atoms with Crippen molar-refractivity contribution in [3.63, 3.8) is 0 Å². The summed E-state index contributed by atoms with van der Waals surface area (Å²) in [5.41, 5.74) is 3.74. The maximum Gasteiger partial charge on any atom is 0.307 e. The molecule has 184 valence electrons. The molecule has 0 spiro atoms. The first-order chi connectivity index (χ1) is 17.4. The van der Waals surface area contributed by atoms with Crippen LogP contribution in [0.5, 0.6) is 11.5 Å². The van der Waals surface area contributed by atoms with Crippen LogP contribution in [0.2, 0.25) is 0 Å². The van der Waals surface area contributed by atoms with Crippen molar-refractivity contribution in [1.29, 1.82) is 0 Å². The number of amides is 1. The molecule has 1 amide bonds. The lowest BCUT2D eigenvalue weighted by Gasteiger charge is -2.09. The van der Waals surface area contributed by atoms with Gasteiger partial charge in [-0.15, -0.1) is 0 Å². The van der Waals surface area contributed by atoms with Crippen LogP contribution in [-0.2, 0) is 13.2 Å². The van der Waals surface area contributed by atoms with Crippen LogP contribution in [0, 0.1) is 13.7 Å². The molecule has 0 aliphatic rings. The van der Waals surface area contributed by atoms with E-state index in [0.29, 0.717) is 22.8 Å². The SMILES string of the molecule is COc1ccc(/C=N/NC(=O)c2ccc(COc3ccc(I)cc3)o2)cc1Cn1cc([N+](=O)[O-])cn1. The van der Waals surface area contributed by atoms with Crippen LogP contribution in [0.1, 0.15) is 27.4 Å². The van der Waals surface area contributed by atoms with Crippen LogP contribution >= 0.6 is 22.6 Å². The molecule has 2 heterocycles. The largest absolute Gasteiger partial charge is 0.496 e. The van der Waals surface area contributed by atoms with Crippen molar-refractivity contribution in [2.45, 2.75) is 13.2 Å². The van der Waals surface area contributed by atoms with E-state index < -0.39 is 10.8 Å². The Morgan fingerprint density at radius 2 is 2.06 bits per heavy atom. The summed E-state index contributed by atoms with van der Waals surface area (Å²) in [7, 11) is 1.53. The summed E-state index contributed by atoms with van der Waals surface area (Å²) >= 11 is 2.21. The molecule has 0 aliphatic heterocycles. The summed E-state index contributed by atoms with van der Waals surface area (Å²) < 4.78 is 19.1. The van der Waals surface area contributed by atoms with E-state index in [1.165, 1.54) is 30.4 Å². The van der Waals surface area contributed by atoms with Crippen LogP contribution < -0.4 is 14.9 Å². The zero-order chi connectivity index (χ0) is 25.5. The molecular weight excluding hydrogens is 581 g/mol. The number of aromatic nitrogens is 2. The number of carbonyl (C=O) groups is 1. The normalized spacial score (nSPS) is 10.9. The van der Waals surface area contributed by atoms with Crippen molar-refractivity contribution in [3.05, 3.63) is 103 Å². The Hall–Kier alpha value is -4.20. The molecule has 0 aliphatic carbocycles. The maximum absolute atomic E-state index is 12.4. The number of hydrazone groups is 1. The van der Waals surface area contributed by atoms with Gasteiger partial charge < -0.3 is 13.9 Å². The lowest BCUT2D eigenvalue weighted by molar-refractivity contribution is -0.385. The molecule has 0 radical (unpaired) electrons. The minimum Gasteiger partial charge on any atom is -0.496 e. The summed E-state index contributed by atoms with van der Waals surface area (Å²) in [4.78, 5) is 22.8. The van der Waals surface area contributed by atoms with Crippen LogP contribution in [0.25, 0.3) is 0 Å². The van der Waals surface area contributed by atoms with Crippen LogP contribution in [0.15, 0.2) is 76.5 Å². The van der Waals surface area contributed by atoms with Crippen molar-refractivity contribution in [2.24, 2.45) is 5.10 Å². The molecule has 36 heavy (non-hydrogen) atoms. The number of nitro groups is 1. The van der Waals surface area contributed by atoms with E-state index in [1.54, 1.807) is 30.3 Å². The Morgan fingerprint density at radius 1 is 1.25 bits per heavy atom. The van der Waals surface area contributed by atoms with Crippen LogP contribution in [0.3, 0.4) is 0 Å². The number of hydrogen-bond acceptors (Lipinski definition) is 8. The number of carbonyl (C=O) groups excluding carboxylic acids is 1. The third-order valence-corrected chi connectivity index (χ3v) is 5.65. The number of methoxy groups -OCH3 is 1. The van der Waals surface area contributed by atoms with E-state index in [9.17, 15) is 14.9 Å². The van der Waals surface area contributed by atoms with Gasteiger partial charge in [0.05, 0.1) is 24.8 Å². The third-order valence-electron chi connectivity index (χ3n) is 4.93. The highest BCUT2D eigenvalue weighted by Gasteiger charge is 2.13. The van der Waals surface area contributed by atoms with E-state index in [-0.39, 0.29) is 24.6 Å². The van der Waals surface area contributed by atoms with Crippen molar-refractivity contribution < 1.29 is 23.6 Å². The number of nitrogens with one attached hydrogen (secondary N) is 1. The molecule has 2 aromatic carbocycles. The van der Waals surface area contributed by atoms with Gasteiger partial charge >= 0.3 is 11.6 Å². The number of furan rings is 1. The predicted molar refractivity (Wildman–Crippen MR) is 138 cm³/mol. The zero-order valence-corrected chi connectivity index (χ0v) is 21.1. The predicted octanol–water partition coefficient (Wildman–Crippen LogP) is 4.39.